The third-order valence-electron chi connectivity index (χ3n) is 4.11. The van der Waals surface area contributed by atoms with E-state index in [1.165, 1.54) is 0 Å². The minimum atomic E-state index is -0.228. The minimum absolute atomic E-state index is 0.0968. The van der Waals surface area contributed by atoms with E-state index in [1.54, 1.807) is 18.2 Å². The van der Waals surface area contributed by atoms with Gasteiger partial charge in [-0.25, -0.2) is 0 Å². The molecule has 7 heteroatoms. The summed E-state index contributed by atoms with van der Waals surface area (Å²) < 4.78 is 6.67. The Morgan fingerprint density at radius 3 is 2.55 bits per heavy atom. The molecule has 0 heterocycles. The summed E-state index contributed by atoms with van der Waals surface area (Å²) in [4.78, 5) is 12.2. The quantitative estimate of drug-likeness (QED) is 0.385. The molecule has 0 fully saturated rings. The van der Waals surface area contributed by atoms with Gasteiger partial charge in [0.25, 0.3) is 5.91 Å². The van der Waals surface area contributed by atoms with Gasteiger partial charge in [0.15, 0.2) is 6.61 Å². The van der Waals surface area contributed by atoms with Crippen molar-refractivity contribution in [3.63, 3.8) is 0 Å². The van der Waals surface area contributed by atoms with Gasteiger partial charge in [-0.2, -0.15) is 0 Å². The molecule has 0 aliphatic rings. The van der Waals surface area contributed by atoms with E-state index < -0.39 is 0 Å². The number of carbonyl (C=O) groups is 1. The van der Waals surface area contributed by atoms with Gasteiger partial charge < -0.3 is 15.4 Å². The number of benzene rings is 3. The monoisotopic (exact) mass is 492 g/mol. The molecule has 3 aromatic carbocycles. The first-order valence-electron chi connectivity index (χ1n) is 8.87. The smallest absolute Gasteiger partial charge is 0.262 e. The molecule has 0 aliphatic carbocycles. The summed E-state index contributed by atoms with van der Waals surface area (Å²) >= 11 is 15.7. The Morgan fingerprint density at radius 2 is 1.79 bits per heavy atom. The lowest BCUT2D eigenvalue weighted by Crippen LogP contribution is -2.20. The Labute approximate surface area is 188 Å². The maximum absolute atomic E-state index is 12.2. The van der Waals surface area contributed by atoms with E-state index in [2.05, 4.69) is 26.6 Å². The molecule has 1 amide bonds. The SMILES string of the molecule is Cc1ccc(NC(=O)COc2ccc(Br)cc2CNc2cc(Cl)ccc2Cl)cc1. The summed E-state index contributed by atoms with van der Waals surface area (Å²) in [5.74, 6) is 0.381. The van der Waals surface area contributed by atoms with Crippen LogP contribution in [0.15, 0.2) is 65.1 Å². The van der Waals surface area contributed by atoms with Crippen LogP contribution in [0.25, 0.3) is 0 Å². The van der Waals surface area contributed by atoms with Crippen LogP contribution < -0.4 is 15.4 Å². The van der Waals surface area contributed by atoms with Gasteiger partial charge in [0, 0.05) is 27.3 Å². The van der Waals surface area contributed by atoms with E-state index in [4.69, 9.17) is 27.9 Å². The van der Waals surface area contributed by atoms with Crippen molar-refractivity contribution in [3.8, 4) is 5.75 Å². The third kappa shape index (κ3) is 6.39. The second-order valence-corrected chi connectivity index (χ2v) is 8.19. The zero-order valence-corrected chi connectivity index (χ0v) is 18.7. The minimum Gasteiger partial charge on any atom is -0.483 e. The number of hydrogen-bond acceptors (Lipinski definition) is 3. The molecule has 0 unspecified atom stereocenters. The summed E-state index contributed by atoms with van der Waals surface area (Å²) in [6, 6.07) is 18.4. The van der Waals surface area contributed by atoms with Gasteiger partial charge in [0.1, 0.15) is 5.75 Å². The number of nitrogens with one attached hydrogen (secondary N) is 2. The molecule has 0 aromatic heterocycles. The summed E-state index contributed by atoms with van der Waals surface area (Å²) in [5, 5.41) is 7.24. The Morgan fingerprint density at radius 1 is 1.03 bits per heavy atom. The first kappa shape index (κ1) is 21.5. The van der Waals surface area contributed by atoms with E-state index >= 15 is 0 Å². The summed E-state index contributed by atoms with van der Waals surface area (Å²) in [7, 11) is 0. The maximum atomic E-state index is 12.2. The van der Waals surface area contributed by atoms with Gasteiger partial charge in [0.05, 0.1) is 10.7 Å². The van der Waals surface area contributed by atoms with Crippen molar-refractivity contribution in [1.29, 1.82) is 0 Å². The molecule has 2 N–H and O–H groups in total. The van der Waals surface area contributed by atoms with Crippen LogP contribution in [0.4, 0.5) is 11.4 Å². The van der Waals surface area contributed by atoms with Crippen molar-refractivity contribution < 1.29 is 9.53 Å². The molecule has 0 spiro atoms. The van der Waals surface area contributed by atoms with E-state index in [0.717, 1.165) is 27.0 Å². The second kappa shape index (κ2) is 10.0. The normalized spacial score (nSPS) is 10.5. The first-order valence-corrected chi connectivity index (χ1v) is 10.4. The lowest BCUT2D eigenvalue weighted by molar-refractivity contribution is -0.118. The molecule has 0 radical (unpaired) electrons. The zero-order valence-electron chi connectivity index (χ0n) is 15.6. The molecule has 0 saturated carbocycles. The zero-order chi connectivity index (χ0) is 20.8. The van der Waals surface area contributed by atoms with E-state index in [-0.39, 0.29) is 12.5 Å². The van der Waals surface area contributed by atoms with Gasteiger partial charge in [-0.3, -0.25) is 4.79 Å². The van der Waals surface area contributed by atoms with Crippen LogP contribution in [0.2, 0.25) is 10.0 Å². The molecule has 4 nitrogen and oxygen atoms in total. The number of anilines is 2. The third-order valence-corrected chi connectivity index (χ3v) is 5.17. The van der Waals surface area contributed by atoms with E-state index in [1.807, 2.05) is 49.4 Å². The first-order chi connectivity index (χ1) is 13.9. The number of ether oxygens (including phenoxy) is 1. The fraction of sp³-hybridized carbons (Fsp3) is 0.136. The van der Waals surface area contributed by atoms with Crippen LogP contribution in [0.3, 0.4) is 0 Å². The van der Waals surface area contributed by atoms with Crippen LogP contribution in [-0.4, -0.2) is 12.5 Å². The van der Waals surface area contributed by atoms with E-state index in [0.29, 0.717) is 22.3 Å². The van der Waals surface area contributed by atoms with Crippen molar-refractivity contribution in [1.82, 2.24) is 0 Å². The lowest BCUT2D eigenvalue weighted by Gasteiger charge is -2.14. The standard InChI is InChI=1S/C22H19BrCl2N2O2/c1-14-2-6-18(7-3-14)27-22(28)13-29-21-9-4-16(23)10-15(21)12-26-20-11-17(24)5-8-19(20)25/h2-11,26H,12-13H2,1H3,(H,27,28). The molecule has 150 valence electrons. The molecule has 3 rings (SSSR count). The average Bonchev–Trinajstić information content (AvgIpc) is 2.69. The predicted molar refractivity (Wildman–Crippen MR) is 123 cm³/mol. The van der Waals surface area contributed by atoms with Crippen molar-refractivity contribution in [2.75, 3.05) is 17.2 Å². The summed E-state index contributed by atoms with van der Waals surface area (Å²) in [6.07, 6.45) is 0. The molecule has 0 saturated heterocycles. The highest BCUT2D eigenvalue weighted by Gasteiger charge is 2.10. The summed E-state index contributed by atoms with van der Waals surface area (Å²) in [6.45, 7) is 2.35. The van der Waals surface area contributed by atoms with Crippen LogP contribution in [0.1, 0.15) is 11.1 Å². The molecule has 0 aliphatic heterocycles. The van der Waals surface area contributed by atoms with Crippen LogP contribution in [-0.2, 0) is 11.3 Å². The van der Waals surface area contributed by atoms with Crippen molar-refractivity contribution in [3.05, 3.63) is 86.3 Å². The fourth-order valence-corrected chi connectivity index (χ4v) is 3.39. The highest BCUT2D eigenvalue weighted by Crippen LogP contribution is 2.28. The molecule has 0 bridgehead atoms. The highest BCUT2D eigenvalue weighted by molar-refractivity contribution is 9.10. The summed E-state index contributed by atoms with van der Waals surface area (Å²) in [5.41, 5.74) is 3.46. The number of carbonyl (C=O) groups excluding carboxylic acids is 1. The highest BCUT2D eigenvalue weighted by atomic mass is 79.9. The Kier molecular flexibility index (Phi) is 7.42. The van der Waals surface area contributed by atoms with E-state index in [9.17, 15) is 4.79 Å². The maximum Gasteiger partial charge on any atom is 0.262 e. The van der Waals surface area contributed by atoms with Crippen molar-refractivity contribution >= 4 is 56.4 Å². The largest absolute Gasteiger partial charge is 0.483 e. The van der Waals surface area contributed by atoms with Gasteiger partial charge in [-0.15, -0.1) is 0 Å². The average molecular weight is 494 g/mol. The number of halogens is 3. The van der Waals surface area contributed by atoms with Crippen LogP contribution >= 0.6 is 39.1 Å². The van der Waals surface area contributed by atoms with Crippen LogP contribution in [0, 0.1) is 6.92 Å². The molecular formula is C22H19BrCl2N2O2. The van der Waals surface area contributed by atoms with Gasteiger partial charge in [0.2, 0.25) is 0 Å². The van der Waals surface area contributed by atoms with Gasteiger partial charge >= 0.3 is 0 Å². The molecule has 29 heavy (non-hydrogen) atoms. The lowest BCUT2D eigenvalue weighted by atomic mass is 10.2. The number of amides is 1. The Balaban J connectivity index is 1.64. The molecule has 0 atom stereocenters. The topological polar surface area (TPSA) is 50.4 Å². The van der Waals surface area contributed by atoms with Gasteiger partial charge in [-0.05, 0) is 55.5 Å². The number of aryl methyl sites for hydroxylation is 1. The molecule has 3 aromatic rings. The number of rotatable bonds is 7. The Hall–Kier alpha value is -2.21. The van der Waals surface area contributed by atoms with Crippen molar-refractivity contribution in [2.45, 2.75) is 13.5 Å². The van der Waals surface area contributed by atoms with Gasteiger partial charge in [-0.1, -0.05) is 56.8 Å². The second-order valence-electron chi connectivity index (χ2n) is 6.43. The Bertz CT molecular complexity index is 1010. The predicted octanol–water partition coefficient (Wildman–Crippen LogP) is 6.69. The number of hydrogen-bond donors (Lipinski definition) is 2. The van der Waals surface area contributed by atoms with Crippen LogP contribution in [0.5, 0.6) is 5.75 Å². The van der Waals surface area contributed by atoms with Crippen molar-refractivity contribution in [2.24, 2.45) is 0 Å². The fourth-order valence-electron chi connectivity index (χ4n) is 2.63. The molecular weight excluding hydrogens is 475 g/mol.